The summed E-state index contributed by atoms with van der Waals surface area (Å²) < 4.78 is 0. The van der Waals surface area contributed by atoms with E-state index in [1.54, 1.807) is 6.07 Å². The summed E-state index contributed by atoms with van der Waals surface area (Å²) in [5, 5.41) is 9.91. The maximum atomic E-state index is 11.8. The minimum absolute atomic E-state index is 0.250. The smallest absolute Gasteiger partial charge is 0.281 e. The van der Waals surface area contributed by atoms with Gasteiger partial charge in [-0.2, -0.15) is 5.10 Å². The molecule has 0 atom stereocenters. The van der Waals surface area contributed by atoms with Crippen LogP contribution in [0.3, 0.4) is 0 Å². The van der Waals surface area contributed by atoms with Crippen molar-refractivity contribution < 1.29 is 4.79 Å². The van der Waals surface area contributed by atoms with E-state index in [4.69, 9.17) is 11.6 Å². The van der Waals surface area contributed by atoms with E-state index in [1.165, 1.54) is 28.9 Å². The van der Waals surface area contributed by atoms with Crippen molar-refractivity contribution in [2.45, 2.75) is 0 Å². The quantitative estimate of drug-likeness (QED) is 0.523. The molecule has 0 radical (unpaired) electrons. The van der Waals surface area contributed by atoms with Gasteiger partial charge in [0.2, 0.25) is 0 Å². The second-order valence-electron chi connectivity index (χ2n) is 4.34. The van der Waals surface area contributed by atoms with Crippen molar-refractivity contribution in [1.29, 1.82) is 0 Å². The molecule has 2 N–H and O–H groups in total. The number of hydrazone groups is 1. The van der Waals surface area contributed by atoms with Crippen molar-refractivity contribution in [3.8, 4) is 0 Å². The van der Waals surface area contributed by atoms with Crippen molar-refractivity contribution in [3.05, 3.63) is 62.8 Å². The fraction of sp³-hybridized carbons (Fsp3) is 0. The summed E-state index contributed by atoms with van der Waals surface area (Å²) in [6.45, 7) is 0. The highest BCUT2D eigenvalue weighted by molar-refractivity contribution is 7.17. The van der Waals surface area contributed by atoms with Crippen LogP contribution >= 0.6 is 34.3 Å². The number of aromatic nitrogens is 1. The second kappa shape index (κ2) is 7.36. The SMILES string of the molecule is O=C(N/N=C/c1sc(Nc2ccccc2)nc1Cl)c1cccs1. The first-order chi connectivity index (χ1) is 11.2. The number of amides is 1. The lowest BCUT2D eigenvalue weighted by molar-refractivity contribution is 0.0959. The number of thiazole rings is 1. The van der Waals surface area contributed by atoms with E-state index in [-0.39, 0.29) is 5.91 Å². The summed E-state index contributed by atoms with van der Waals surface area (Å²) in [6.07, 6.45) is 1.49. The van der Waals surface area contributed by atoms with Crippen LogP contribution in [0, 0.1) is 0 Å². The average molecular weight is 363 g/mol. The highest BCUT2D eigenvalue weighted by atomic mass is 35.5. The summed E-state index contributed by atoms with van der Waals surface area (Å²) in [6, 6.07) is 13.2. The molecule has 2 heterocycles. The number of thiophene rings is 1. The molecule has 0 fully saturated rings. The maximum Gasteiger partial charge on any atom is 0.281 e. The van der Waals surface area contributed by atoms with Crippen LogP contribution in [-0.4, -0.2) is 17.1 Å². The first kappa shape index (κ1) is 15.7. The molecular weight excluding hydrogens is 352 g/mol. The van der Waals surface area contributed by atoms with Crippen LogP contribution in [0.4, 0.5) is 10.8 Å². The van der Waals surface area contributed by atoms with Crippen molar-refractivity contribution >= 4 is 57.2 Å². The molecular formula is C15H11ClN4OS2. The predicted molar refractivity (Wildman–Crippen MR) is 96.2 cm³/mol. The molecule has 1 aromatic carbocycles. The van der Waals surface area contributed by atoms with E-state index in [1.807, 2.05) is 41.8 Å². The van der Waals surface area contributed by atoms with E-state index in [2.05, 4.69) is 20.8 Å². The van der Waals surface area contributed by atoms with E-state index >= 15 is 0 Å². The fourth-order valence-corrected chi connectivity index (χ4v) is 3.37. The molecule has 8 heteroatoms. The molecule has 5 nitrogen and oxygen atoms in total. The van der Waals surface area contributed by atoms with Crippen LogP contribution in [-0.2, 0) is 0 Å². The fourth-order valence-electron chi connectivity index (χ4n) is 1.70. The van der Waals surface area contributed by atoms with Gasteiger partial charge >= 0.3 is 0 Å². The van der Waals surface area contributed by atoms with Gasteiger partial charge in [0.1, 0.15) is 0 Å². The van der Waals surface area contributed by atoms with Gasteiger partial charge in [0.25, 0.3) is 5.91 Å². The van der Waals surface area contributed by atoms with E-state index in [9.17, 15) is 4.79 Å². The highest BCUT2D eigenvalue weighted by Crippen LogP contribution is 2.27. The van der Waals surface area contributed by atoms with Crippen LogP contribution in [0.15, 0.2) is 52.9 Å². The molecule has 116 valence electrons. The zero-order valence-corrected chi connectivity index (χ0v) is 14.1. The Kier molecular flexibility index (Phi) is 5.02. The molecule has 0 aliphatic rings. The van der Waals surface area contributed by atoms with Gasteiger partial charge in [0.05, 0.1) is 16.0 Å². The zero-order valence-electron chi connectivity index (χ0n) is 11.7. The van der Waals surface area contributed by atoms with Gasteiger partial charge in [0.15, 0.2) is 10.3 Å². The Balaban J connectivity index is 1.64. The van der Waals surface area contributed by atoms with Crippen LogP contribution in [0.25, 0.3) is 0 Å². The second-order valence-corrected chi connectivity index (χ2v) is 6.68. The molecule has 0 saturated heterocycles. The van der Waals surface area contributed by atoms with Crippen LogP contribution in [0.2, 0.25) is 5.15 Å². The number of hydrogen-bond acceptors (Lipinski definition) is 6. The highest BCUT2D eigenvalue weighted by Gasteiger charge is 2.08. The summed E-state index contributed by atoms with van der Waals surface area (Å²) in [5.41, 5.74) is 3.38. The molecule has 0 aliphatic carbocycles. The Morgan fingerprint density at radius 3 is 2.78 bits per heavy atom. The number of rotatable bonds is 5. The van der Waals surface area contributed by atoms with Gasteiger partial charge in [-0.15, -0.1) is 11.3 Å². The number of anilines is 2. The van der Waals surface area contributed by atoms with Gasteiger partial charge in [-0.1, -0.05) is 47.2 Å². The van der Waals surface area contributed by atoms with Gasteiger partial charge in [0, 0.05) is 5.69 Å². The van der Waals surface area contributed by atoms with Gasteiger partial charge < -0.3 is 5.32 Å². The Hall–Kier alpha value is -2.22. The largest absolute Gasteiger partial charge is 0.331 e. The molecule has 0 aliphatic heterocycles. The molecule has 0 saturated carbocycles. The number of nitrogens with one attached hydrogen (secondary N) is 2. The third-order valence-electron chi connectivity index (χ3n) is 2.73. The minimum atomic E-state index is -0.250. The molecule has 0 bridgehead atoms. The number of carbonyl (C=O) groups is 1. The molecule has 3 aromatic rings. The minimum Gasteiger partial charge on any atom is -0.331 e. The third-order valence-corrected chi connectivity index (χ3v) is 4.90. The molecule has 23 heavy (non-hydrogen) atoms. The standard InChI is InChI=1S/C15H11ClN4OS2/c16-13-12(9-17-20-14(21)11-7-4-8-22-11)23-15(19-13)18-10-5-2-1-3-6-10/h1-9H,(H,18,19)(H,20,21)/b17-9+. The van der Waals surface area contributed by atoms with Crippen molar-refractivity contribution in [1.82, 2.24) is 10.4 Å². The molecule has 1 amide bonds. The molecule has 0 unspecified atom stereocenters. The predicted octanol–water partition coefficient (Wildman–Crippen LogP) is 4.37. The first-order valence-electron chi connectivity index (χ1n) is 6.57. The number of benzene rings is 1. The third kappa shape index (κ3) is 4.16. The van der Waals surface area contributed by atoms with Crippen molar-refractivity contribution in [2.24, 2.45) is 5.10 Å². The van der Waals surface area contributed by atoms with Gasteiger partial charge in [-0.05, 0) is 23.6 Å². The normalized spacial score (nSPS) is 10.8. The Morgan fingerprint density at radius 2 is 2.04 bits per heavy atom. The van der Waals surface area contributed by atoms with Crippen LogP contribution < -0.4 is 10.7 Å². The lowest BCUT2D eigenvalue weighted by Crippen LogP contribution is -2.15. The van der Waals surface area contributed by atoms with E-state index in [0.29, 0.717) is 20.0 Å². The summed E-state index contributed by atoms with van der Waals surface area (Å²) in [7, 11) is 0. The van der Waals surface area contributed by atoms with Crippen LogP contribution in [0.5, 0.6) is 0 Å². The monoisotopic (exact) mass is 362 g/mol. The van der Waals surface area contributed by atoms with Crippen molar-refractivity contribution in [2.75, 3.05) is 5.32 Å². The first-order valence-corrected chi connectivity index (χ1v) is 8.65. The molecule has 2 aromatic heterocycles. The Labute approximate surface area is 145 Å². The van der Waals surface area contributed by atoms with Gasteiger partial charge in [-0.25, -0.2) is 10.4 Å². The average Bonchev–Trinajstić information content (AvgIpc) is 3.19. The number of nitrogens with zero attached hydrogens (tertiary/aromatic N) is 2. The molecule has 3 rings (SSSR count). The lowest BCUT2D eigenvalue weighted by atomic mass is 10.3. The zero-order chi connectivity index (χ0) is 16.1. The van der Waals surface area contributed by atoms with E-state index < -0.39 is 0 Å². The lowest BCUT2D eigenvalue weighted by Gasteiger charge is -1.99. The number of carbonyl (C=O) groups excluding carboxylic acids is 1. The Bertz CT molecular complexity index is 815. The summed E-state index contributed by atoms with van der Waals surface area (Å²) in [4.78, 5) is 17.2. The van der Waals surface area contributed by atoms with Crippen molar-refractivity contribution in [3.63, 3.8) is 0 Å². The van der Waals surface area contributed by atoms with Gasteiger partial charge in [-0.3, -0.25) is 4.79 Å². The van der Waals surface area contributed by atoms with Crippen LogP contribution in [0.1, 0.15) is 14.5 Å². The maximum absolute atomic E-state index is 11.8. The van der Waals surface area contributed by atoms with E-state index in [0.717, 1.165) is 5.69 Å². The Morgan fingerprint density at radius 1 is 1.22 bits per heavy atom. The number of hydrogen-bond donors (Lipinski definition) is 2. The summed E-state index contributed by atoms with van der Waals surface area (Å²) >= 11 is 8.79. The number of para-hydroxylation sites is 1. The summed E-state index contributed by atoms with van der Waals surface area (Å²) in [5.74, 6) is -0.250. The topological polar surface area (TPSA) is 66.4 Å². The number of halogens is 1. The molecule has 0 spiro atoms.